The number of anilines is 2. The Hall–Kier alpha value is -2.38. The summed E-state index contributed by atoms with van der Waals surface area (Å²) >= 11 is 1.55. The van der Waals surface area contributed by atoms with Crippen LogP contribution in [-0.4, -0.2) is 49.7 Å². The summed E-state index contributed by atoms with van der Waals surface area (Å²) in [6, 6.07) is 8.57. The molecule has 0 radical (unpaired) electrons. The lowest BCUT2D eigenvalue weighted by Crippen LogP contribution is -2.34. The van der Waals surface area contributed by atoms with E-state index in [0.29, 0.717) is 0 Å². The normalized spacial score (nSPS) is 20.7. The van der Waals surface area contributed by atoms with Crippen molar-refractivity contribution in [3.63, 3.8) is 0 Å². The summed E-state index contributed by atoms with van der Waals surface area (Å²) < 4.78 is 1.12. The second kappa shape index (κ2) is 6.65. The average Bonchev–Trinajstić information content (AvgIpc) is 2.80. The maximum atomic E-state index is 12.5. The Morgan fingerprint density at radius 2 is 2.11 bits per heavy atom. The van der Waals surface area contributed by atoms with Gasteiger partial charge in [0.2, 0.25) is 0 Å². The summed E-state index contributed by atoms with van der Waals surface area (Å²) in [5.74, 6) is 1.05. The van der Waals surface area contributed by atoms with Crippen molar-refractivity contribution in [3.05, 3.63) is 29.1 Å². The van der Waals surface area contributed by atoms with Gasteiger partial charge in [-0.25, -0.2) is 4.98 Å². The fourth-order valence-corrected chi connectivity index (χ4v) is 5.06. The van der Waals surface area contributed by atoms with Crippen LogP contribution in [0, 0.1) is 0 Å². The molecule has 7 heteroatoms. The number of carbonyl (C=O) groups excluding carboxylic acids is 1. The predicted molar refractivity (Wildman–Crippen MR) is 112 cm³/mol. The zero-order chi connectivity index (χ0) is 18.4. The number of nitrogens with one attached hydrogen (secondary N) is 3. The molecule has 0 saturated carbocycles. The molecule has 2 aromatic heterocycles. The van der Waals surface area contributed by atoms with Crippen LogP contribution >= 0.6 is 11.3 Å². The van der Waals surface area contributed by atoms with Gasteiger partial charge in [0, 0.05) is 47.7 Å². The maximum absolute atomic E-state index is 12.5. The zero-order valence-corrected chi connectivity index (χ0v) is 16.2. The van der Waals surface area contributed by atoms with Gasteiger partial charge in [0.1, 0.15) is 10.7 Å². The highest BCUT2D eigenvalue weighted by atomic mass is 32.1. The molecule has 6 nitrogen and oxygen atoms in total. The molecule has 1 fully saturated rings. The summed E-state index contributed by atoms with van der Waals surface area (Å²) in [7, 11) is 0. The molecule has 5 rings (SSSR count). The lowest BCUT2D eigenvalue weighted by Gasteiger charge is -2.21. The average molecular weight is 382 g/mol. The first-order chi connectivity index (χ1) is 13.2. The minimum absolute atomic E-state index is 0.0125. The third-order valence-corrected chi connectivity index (χ3v) is 6.49. The van der Waals surface area contributed by atoms with Gasteiger partial charge < -0.3 is 20.9 Å². The van der Waals surface area contributed by atoms with Gasteiger partial charge in [-0.15, -0.1) is 11.3 Å². The Bertz CT molecular complexity index is 1020. The first-order valence-corrected chi connectivity index (χ1v) is 10.4. The van der Waals surface area contributed by atoms with Crippen molar-refractivity contribution < 1.29 is 4.79 Å². The number of nitrogens with zero attached hydrogens (tertiary/aromatic N) is 2. The van der Waals surface area contributed by atoms with Crippen molar-refractivity contribution in [2.75, 3.05) is 42.9 Å². The monoisotopic (exact) mass is 381 g/mol. The minimum Gasteiger partial charge on any atom is -0.381 e. The van der Waals surface area contributed by atoms with Crippen LogP contribution in [0.5, 0.6) is 0 Å². The Kier molecular flexibility index (Phi) is 4.13. The van der Waals surface area contributed by atoms with Crippen LogP contribution < -0.4 is 20.9 Å². The highest BCUT2D eigenvalue weighted by Crippen LogP contribution is 2.41. The third-order valence-electron chi connectivity index (χ3n) is 5.34. The van der Waals surface area contributed by atoms with E-state index in [9.17, 15) is 4.79 Å². The molecule has 0 aliphatic carbocycles. The van der Waals surface area contributed by atoms with Gasteiger partial charge >= 0.3 is 0 Å². The molecule has 2 aliphatic rings. The van der Waals surface area contributed by atoms with E-state index in [0.717, 1.165) is 76.5 Å². The molecule has 1 saturated heterocycles. The minimum atomic E-state index is 0.0125. The standard InChI is InChI=1S/C20H23N5OS/c1-12-11-22-18-17-13-3-6-16(25-9-2-7-21-8-10-25)24-14(13)4-5-15(17)27-19(18)20(26)23-12/h3-6,12,21-22H,2,7-11H2,1H3,(H,23,26)/t12-/m1/s1. The maximum Gasteiger partial charge on any atom is 0.263 e. The number of hydrogen-bond acceptors (Lipinski definition) is 6. The predicted octanol–water partition coefficient (Wildman–Crippen LogP) is 2.79. The first-order valence-electron chi connectivity index (χ1n) is 9.57. The lowest BCUT2D eigenvalue weighted by molar-refractivity contribution is 0.0949. The van der Waals surface area contributed by atoms with E-state index in [4.69, 9.17) is 4.98 Å². The molecule has 27 heavy (non-hydrogen) atoms. The van der Waals surface area contributed by atoms with E-state index in [1.807, 2.05) is 6.92 Å². The second-order valence-electron chi connectivity index (χ2n) is 7.33. The molecule has 140 valence electrons. The number of thiophene rings is 1. The van der Waals surface area contributed by atoms with Gasteiger partial charge in [-0.05, 0) is 44.2 Å². The van der Waals surface area contributed by atoms with E-state index in [-0.39, 0.29) is 11.9 Å². The van der Waals surface area contributed by atoms with Crippen LogP contribution in [0.2, 0.25) is 0 Å². The van der Waals surface area contributed by atoms with Gasteiger partial charge in [-0.1, -0.05) is 0 Å². The van der Waals surface area contributed by atoms with Crippen LogP contribution in [0.3, 0.4) is 0 Å². The third kappa shape index (κ3) is 2.91. The topological polar surface area (TPSA) is 69.3 Å². The van der Waals surface area contributed by atoms with Crippen molar-refractivity contribution in [3.8, 4) is 0 Å². The molecule has 4 heterocycles. The Labute approximate surface area is 161 Å². The van der Waals surface area contributed by atoms with Crippen molar-refractivity contribution in [1.29, 1.82) is 0 Å². The summed E-state index contributed by atoms with van der Waals surface area (Å²) in [4.78, 5) is 20.6. The van der Waals surface area contributed by atoms with Crippen LogP contribution in [0.15, 0.2) is 24.3 Å². The van der Waals surface area contributed by atoms with Crippen molar-refractivity contribution in [1.82, 2.24) is 15.6 Å². The number of amides is 1. The van der Waals surface area contributed by atoms with Crippen LogP contribution in [0.1, 0.15) is 23.0 Å². The molecule has 3 N–H and O–H groups in total. The number of benzene rings is 1. The number of aromatic nitrogens is 1. The second-order valence-corrected chi connectivity index (χ2v) is 8.38. The van der Waals surface area contributed by atoms with Gasteiger partial charge in [-0.2, -0.15) is 0 Å². The lowest BCUT2D eigenvalue weighted by atomic mass is 10.1. The van der Waals surface area contributed by atoms with E-state index >= 15 is 0 Å². The fourth-order valence-electron chi connectivity index (χ4n) is 3.97. The first kappa shape index (κ1) is 16.8. The molecular weight excluding hydrogens is 358 g/mol. The van der Waals surface area contributed by atoms with Gasteiger partial charge in [0.05, 0.1) is 11.2 Å². The summed E-state index contributed by atoms with van der Waals surface area (Å²) in [6.45, 7) is 6.82. The molecule has 0 bridgehead atoms. The van der Waals surface area contributed by atoms with Crippen molar-refractivity contribution in [2.45, 2.75) is 19.4 Å². The van der Waals surface area contributed by atoms with Gasteiger partial charge in [-0.3, -0.25) is 4.79 Å². The molecule has 1 aromatic carbocycles. The number of rotatable bonds is 1. The largest absolute Gasteiger partial charge is 0.381 e. The van der Waals surface area contributed by atoms with Crippen molar-refractivity contribution >= 4 is 49.7 Å². The Morgan fingerprint density at radius 3 is 3.04 bits per heavy atom. The fraction of sp³-hybridized carbons (Fsp3) is 0.400. The molecule has 0 unspecified atom stereocenters. The Morgan fingerprint density at radius 1 is 1.19 bits per heavy atom. The van der Waals surface area contributed by atoms with Crippen LogP contribution in [-0.2, 0) is 0 Å². The summed E-state index contributed by atoms with van der Waals surface area (Å²) in [5, 5.41) is 12.2. The Balaban J connectivity index is 1.63. The molecule has 3 aromatic rings. The highest BCUT2D eigenvalue weighted by Gasteiger charge is 2.25. The van der Waals surface area contributed by atoms with Gasteiger partial charge in [0.15, 0.2) is 0 Å². The number of carbonyl (C=O) groups is 1. The number of pyridine rings is 1. The molecule has 1 amide bonds. The van der Waals surface area contributed by atoms with E-state index in [1.165, 1.54) is 0 Å². The van der Waals surface area contributed by atoms with Crippen LogP contribution in [0.4, 0.5) is 11.5 Å². The molecule has 1 atom stereocenters. The van der Waals surface area contributed by atoms with E-state index < -0.39 is 0 Å². The quantitative estimate of drug-likeness (QED) is 0.605. The molecular formula is C20H23N5OS. The smallest absolute Gasteiger partial charge is 0.263 e. The number of hydrogen-bond donors (Lipinski definition) is 3. The van der Waals surface area contributed by atoms with E-state index in [2.05, 4.69) is 45.1 Å². The molecule has 0 spiro atoms. The van der Waals surface area contributed by atoms with Crippen LogP contribution in [0.25, 0.3) is 21.0 Å². The highest BCUT2D eigenvalue weighted by molar-refractivity contribution is 7.21. The molecule has 2 aliphatic heterocycles. The van der Waals surface area contributed by atoms with E-state index in [1.54, 1.807) is 11.3 Å². The van der Waals surface area contributed by atoms with Crippen molar-refractivity contribution in [2.24, 2.45) is 0 Å². The SMILES string of the molecule is C[C@@H]1CNc2c(sc3ccc4nc(N5CCCNCC5)ccc4c23)C(=O)N1. The number of fused-ring (bicyclic) bond motifs is 5. The van der Waals surface area contributed by atoms with Gasteiger partial charge in [0.25, 0.3) is 5.91 Å². The zero-order valence-electron chi connectivity index (χ0n) is 15.3. The summed E-state index contributed by atoms with van der Waals surface area (Å²) in [6.07, 6.45) is 1.13. The summed E-state index contributed by atoms with van der Waals surface area (Å²) in [5.41, 5.74) is 1.94.